The number of benzene rings is 2. The van der Waals surface area contributed by atoms with Crippen LogP contribution >= 0.6 is 12.2 Å². The highest BCUT2D eigenvalue weighted by molar-refractivity contribution is 7.81. The lowest BCUT2D eigenvalue weighted by atomic mass is 10.1. The molecule has 0 amide bonds. The minimum Gasteiger partial charge on any atom is -0.0839 e. The van der Waals surface area contributed by atoms with E-state index in [2.05, 4.69) is 36.4 Å². The van der Waals surface area contributed by atoms with Crippen LogP contribution in [0.1, 0.15) is 11.1 Å². The van der Waals surface area contributed by atoms with Crippen molar-refractivity contribution in [2.45, 2.75) is 6.42 Å². The average Bonchev–Trinajstić information content (AvgIpc) is 2.47. The molecular formula is C12H8S. The van der Waals surface area contributed by atoms with E-state index in [9.17, 15) is 0 Å². The molecule has 0 heterocycles. The molecule has 2 aromatic rings. The average molecular weight is 184 g/mol. The predicted molar refractivity (Wildman–Crippen MR) is 59.4 cm³/mol. The summed E-state index contributed by atoms with van der Waals surface area (Å²) in [6, 6.07) is 12.8. The monoisotopic (exact) mass is 184 g/mol. The lowest BCUT2D eigenvalue weighted by molar-refractivity contribution is 1.44. The van der Waals surface area contributed by atoms with Crippen LogP contribution in [0, 0.1) is 0 Å². The summed E-state index contributed by atoms with van der Waals surface area (Å²) in [6.07, 6.45) is 0.950. The molecule has 0 saturated heterocycles. The van der Waals surface area contributed by atoms with Crippen molar-refractivity contribution in [1.29, 1.82) is 0 Å². The Morgan fingerprint density at radius 3 is 2.62 bits per heavy atom. The van der Waals surface area contributed by atoms with Crippen LogP contribution in [0.3, 0.4) is 0 Å². The molecule has 3 rings (SSSR count). The number of thiocarbonyl (C=S) groups is 1. The first-order valence-corrected chi connectivity index (χ1v) is 4.81. The number of rotatable bonds is 0. The van der Waals surface area contributed by atoms with Crippen molar-refractivity contribution in [1.82, 2.24) is 0 Å². The summed E-state index contributed by atoms with van der Waals surface area (Å²) in [7, 11) is 0. The van der Waals surface area contributed by atoms with Crippen LogP contribution in [-0.4, -0.2) is 4.86 Å². The fourth-order valence-electron chi connectivity index (χ4n) is 2.07. The summed E-state index contributed by atoms with van der Waals surface area (Å²) >= 11 is 5.34. The van der Waals surface area contributed by atoms with Gasteiger partial charge in [0.2, 0.25) is 0 Å². The molecular weight excluding hydrogens is 176 g/mol. The first kappa shape index (κ1) is 7.22. The minimum atomic E-state index is 0.950. The molecule has 13 heavy (non-hydrogen) atoms. The van der Waals surface area contributed by atoms with Gasteiger partial charge in [-0.3, -0.25) is 0 Å². The molecule has 0 saturated carbocycles. The van der Waals surface area contributed by atoms with Gasteiger partial charge >= 0.3 is 0 Å². The smallest absolute Gasteiger partial charge is 0.0274 e. The van der Waals surface area contributed by atoms with E-state index < -0.39 is 0 Å². The molecule has 1 aliphatic carbocycles. The van der Waals surface area contributed by atoms with Crippen LogP contribution in [0.5, 0.6) is 0 Å². The Kier molecular flexibility index (Phi) is 1.33. The second-order valence-corrected chi connectivity index (χ2v) is 3.91. The molecule has 0 radical (unpaired) electrons. The zero-order valence-corrected chi connectivity index (χ0v) is 7.90. The second-order valence-electron chi connectivity index (χ2n) is 3.42. The zero-order valence-electron chi connectivity index (χ0n) is 7.08. The molecule has 0 nitrogen and oxygen atoms in total. The molecule has 1 heteroatoms. The Balaban J connectivity index is 2.58. The van der Waals surface area contributed by atoms with Crippen LogP contribution in [0.15, 0.2) is 36.4 Å². The first-order chi connectivity index (χ1) is 6.36. The van der Waals surface area contributed by atoms with Gasteiger partial charge in [0.15, 0.2) is 0 Å². The van der Waals surface area contributed by atoms with E-state index in [0.29, 0.717) is 0 Å². The maximum absolute atomic E-state index is 5.34. The van der Waals surface area contributed by atoms with Gasteiger partial charge in [-0.05, 0) is 21.9 Å². The van der Waals surface area contributed by atoms with E-state index in [4.69, 9.17) is 12.2 Å². The van der Waals surface area contributed by atoms with Crippen LogP contribution < -0.4 is 0 Å². The summed E-state index contributed by atoms with van der Waals surface area (Å²) in [6.45, 7) is 0. The molecule has 0 aliphatic heterocycles. The van der Waals surface area contributed by atoms with Crippen molar-refractivity contribution in [3.05, 3.63) is 47.5 Å². The van der Waals surface area contributed by atoms with Crippen molar-refractivity contribution >= 4 is 27.9 Å². The molecule has 1 aliphatic rings. The van der Waals surface area contributed by atoms with E-state index in [0.717, 1.165) is 11.3 Å². The fourth-order valence-corrected chi connectivity index (χ4v) is 2.39. The summed E-state index contributed by atoms with van der Waals surface area (Å²) in [5, 5.41) is 2.69. The first-order valence-electron chi connectivity index (χ1n) is 4.40. The third kappa shape index (κ3) is 0.879. The molecule has 0 atom stereocenters. The van der Waals surface area contributed by atoms with Gasteiger partial charge in [-0.1, -0.05) is 48.6 Å². The van der Waals surface area contributed by atoms with Crippen molar-refractivity contribution in [3.63, 3.8) is 0 Å². The van der Waals surface area contributed by atoms with Gasteiger partial charge in [0.05, 0.1) is 0 Å². The molecule has 0 bridgehead atoms. The highest BCUT2D eigenvalue weighted by Gasteiger charge is 2.17. The van der Waals surface area contributed by atoms with E-state index in [1.807, 2.05) is 0 Å². The van der Waals surface area contributed by atoms with E-state index in [1.54, 1.807) is 0 Å². The quantitative estimate of drug-likeness (QED) is 0.567. The molecule has 0 N–H and O–H groups in total. The van der Waals surface area contributed by atoms with Gasteiger partial charge in [-0.2, -0.15) is 0 Å². The Labute approximate surface area is 82.2 Å². The van der Waals surface area contributed by atoms with Crippen molar-refractivity contribution in [2.75, 3.05) is 0 Å². The standard InChI is InChI=1S/C12H8S/c13-11-7-9-5-1-3-8-4-2-6-10(11)12(8)9/h1-6H,7H2. The van der Waals surface area contributed by atoms with E-state index >= 15 is 0 Å². The maximum atomic E-state index is 5.34. The summed E-state index contributed by atoms with van der Waals surface area (Å²) in [4.78, 5) is 1.09. The Morgan fingerprint density at radius 1 is 1.00 bits per heavy atom. The normalized spacial score (nSPS) is 14.0. The zero-order chi connectivity index (χ0) is 8.84. The maximum Gasteiger partial charge on any atom is 0.0274 e. The summed E-state index contributed by atoms with van der Waals surface area (Å²) in [5.74, 6) is 0. The van der Waals surface area contributed by atoms with Gasteiger partial charge in [-0.15, -0.1) is 0 Å². The summed E-state index contributed by atoms with van der Waals surface area (Å²) in [5.41, 5.74) is 2.65. The fraction of sp³-hybridized carbons (Fsp3) is 0.0833. The van der Waals surface area contributed by atoms with Crippen LogP contribution in [0.25, 0.3) is 10.8 Å². The van der Waals surface area contributed by atoms with Gasteiger partial charge in [0.1, 0.15) is 0 Å². The second kappa shape index (κ2) is 2.39. The molecule has 62 valence electrons. The third-order valence-electron chi connectivity index (χ3n) is 2.64. The SMILES string of the molecule is S=C1Cc2cccc3cccc1c23. The molecule has 0 unspecified atom stereocenters. The lowest BCUT2D eigenvalue weighted by Gasteiger charge is -1.99. The van der Waals surface area contributed by atoms with E-state index in [1.165, 1.54) is 21.9 Å². The third-order valence-corrected chi connectivity index (χ3v) is 3.01. The number of hydrogen-bond donors (Lipinski definition) is 0. The predicted octanol–water partition coefficient (Wildman–Crippen LogP) is 3.11. The topological polar surface area (TPSA) is 0 Å². The van der Waals surface area contributed by atoms with Gasteiger partial charge < -0.3 is 0 Å². The van der Waals surface area contributed by atoms with Crippen molar-refractivity contribution in [3.8, 4) is 0 Å². The van der Waals surface area contributed by atoms with Gasteiger partial charge in [0.25, 0.3) is 0 Å². The summed E-state index contributed by atoms with van der Waals surface area (Å²) < 4.78 is 0. The Bertz CT molecular complexity index is 506. The molecule has 2 aromatic carbocycles. The van der Waals surface area contributed by atoms with Gasteiger partial charge in [0, 0.05) is 11.3 Å². The van der Waals surface area contributed by atoms with Gasteiger partial charge in [-0.25, -0.2) is 0 Å². The molecule has 0 fully saturated rings. The van der Waals surface area contributed by atoms with Crippen LogP contribution in [0.4, 0.5) is 0 Å². The molecule has 0 aromatic heterocycles. The minimum absolute atomic E-state index is 0.950. The Hall–Kier alpha value is -1.21. The Morgan fingerprint density at radius 2 is 1.77 bits per heavy atom. The van der Waals surface area contributed by atoms with Crippen molar-refractivity contribution in [2.24, 2.45) is 0 Å². The largest absolute Gasteiger partial charge is 0.0839 e. The molecule has 0 spiro atoms. The van der Waals surface area contributed by atoms with E-state index in [-0.39, 0.29) is 0 Å². The number of hydrogen-bond acceptors (Lipinski definition) is 1. The lowest BCUT2D eigenvalue weighted by Crippen LogP contribution is -1.90. The van der Waals surface area contributed by atoms with Crippen LogP contribution in [-0.2, 0) is 6.42 Å². The highest BCUT2D eigenvalue weighted by Crippen LogP contribution is 2.30. The van der Waals surface area contributed by atoms with Crippen LogP contribution in [0.2, 0.25) is 0 Å². The highest BCUT2D eigenvalue weighted by atomic mass is 32.1. The van der Waals surface area contributed by atoms with Crippen molar-refractivity contribution < 1.29 is 0 Å².